The van der Waals surface area contributed by atoms with E-state index in [0.29, 0.717) is 32.1 Å². The Labute approximate surface area is 272 Å². The van der Waals surface area contributed by atoms with E-state index in [1.54, 1.807) is 13.8 Å². The highest BCUT2D eigenvalue weighted by Crippen LogP contribution is 2.38. The highest BCUT2D eigenvalue weighted by atomic mass is 19.3. The molecule has 3 amide bonds. The van der Waals surface area contributed by atoms with Gasteiger partial charge in [0.25, 0.3) is 5.91 Å². The number of likely N-dealkylation sites (N-methyl/N-ethyl adjacent to an activating group) is 1. The molecular formula is C34H44F5N5O3. The van der Waals surface area contributed by atoms with Crippen molar-refractivity contribution in [3.05, 3.63) is 47.3 Å². The van der Waals surface area contributed by atoms with E-state index in [4.69, 9.17) is 0 Å². The van der Waals surface area contributed by atoms with Crippen LogP contribution in [0.2, 0.25) is 0 Å². The van der Waals surface area contributed by atoms with E-state index in [9.17, 15) is 23.2 Å². The van der Waals surface area contributed by atoms with Gasteiger partial charge in [-0.1, -0.05) is 20.8 Å². The molecule has 2 fully saturated rings. The fourth-order valence-corrected chi connectivity index (χ4v) is 6.65. The topological polar surface area (TPSA) is 93.8 Å². The lowest BCUT2D eigenvalue weighted by Crippen LogP contribution is -2.50. The van der Waals surface area contributed by atoms with E-state index in [-0.39, 0.29) is 34.9 Å². The van der Waals surface area contributed by atoms with Crippen molar-refractivity contribution in [3.8, 4) is 11.1 Å². The van der Waals surface area contributed by atoms with Gasteiger partial charge in [0.2, 0.25) is 18.2 Å². The van der Waals surface area contributed by atoms with Crippen LogP contribution >= 0.6 is 0 Å². The van der Waals surface area contributed by atoms with Gasteiger partial charge in [-0.25, -0.2) is 22.0 Å². The Morgan fingerprint density at radius 1 is 0.979 bits per heavy atom. The second-order valence-corrected chi connectivity index (χ2v) is 14.6. The number of hydrogen-bond acceptors (Lipinski definition) is 5. The first-order chi connectivity index (χ1) is 21.8. The maximum Gasteiger partial charge on any atom is 0.254 e. The van der Waals surface area contributed by atoms with E-state index in [2.05, 4.69) is 20.9 Å². The highest BCUT2D eigenvalue weighted by molar-refractivity contribution is 5.99. The van der Waals surface area contributed by atoms with Crippen LogP contribution in [-0.4, -0.2) is 73.9 Å². The zero-order valence-corrected chi connectivity index (χ0v) is 27.9. The van der Waals surface area contributed by atoms with Crippen LogP contribution in [0.5, 0.6) is 0 Å². The summed E-state index contributed by atoms with van der Waals surface area (Å²) in [5.74, 6) is -8.22. The van der Waals surface area contributed by atoms with Crippen molar-refractivity contribution in [2.24, 2.45) is 17.3 Å². The molecule has 258 valence electrons. The molecule has 3 atom stereocenters. The lowest BCUT2D eigenvalue weighted by molar-refractivity contribution is -0.133. The van der Waals surface area contributed by atoms with Crippen molar-refractivity contribution in [3.63, 3.8) is 0 Å². The number of hydrogen-bond donors (Lipinski definition) is 3. The summed E-state index contributed by atoms with van der Waals surface area (Å²) < 4.78 is 74.1. The minimum absolute atomic E-state index is 0.0223. The Balaban J connectivity index is 1.77. The largest absolute Gasteiger partial charge is 0.367 e. The predicted octanol–water partition coefficient (Wildman–Crippen LogP) is 5.81. The number of nitrogens with zero attached hydrogens (tertiary/aromatic N) is 2. The van der Waals surface area contributed by atoms with Gasteiger partial charge in [0.1, 0.15) is 17.5 Å². The maximum atomic E-state index is 16.0. The van der Waals surface area contributed by atoms with Crippen LogP contribution in [0, 0.1) is 34.7 Å². The van der Waals surface area contributed by atoms with Crippen LogP contribution in [0.25, 0.3) is 11.1 Å². The second-order valence-electron chi connectivity index (χ2n) is 14.6. The summed E-state index contributed by atoms with van der Waals surface area (Å²) in [4.78, 5) is 42.4. The quantitative estimate of drug-likeness (QED) is 0.310. The summed E-state index contributed by atoms with van der Waals surface area (Å²) in [5.41, 5.74) is -1.94. The molecule has 8 nitrogen and oxygen atoms in total. The molecule has 0 aromatic heterocycles. The average Bonchev–Trinajstić information content (AvgIpc) is 2.93. The van der Waals surface area contributed by atoms with Gasteiger partial charge in [-0.05, 0) is 57.9 Å². The third-order valence-electron chi connectivity index (χ3n) is 8.78. The molecule has 0 spiro atoms. The van der Waals surface area contributed by atoms with Crippen LogP contribution in [-0.2, 0) is 9.59 Å². The summed E-state index contributed by atoms with van der Waals surface area (Å²) in [6.45, 7) is 12.7. The third-order valence-corrected chi connectivity index (χ3v) is 8.78. The first kappa shape index (κ1) is 36.1. The number of piperazine rings is 1. The Bertz CT molecular complexity index is 1530. The second kappa shape index (κ2) is 13.8. The van der Waals surface area contributed by atoms with Gasteiger partial charge >= 0.3 is 0 Å². The van der Waals surface area contributed by atoms with Gasteiger partial charge in [0, 0.05) is 67.3 Å². The molecule has 2 aromatic rings. The molecule has 0 bridgehead atoms. The first-order valence-corrected chi connectivity index (χ1v) is 15.7. The average molecular weight is 666 g/mol. The van der Waals surface area contributed by atoms with Crippen LogP contribution < -0.4 is 20.9 Å². The Morgan fingerprint density at radius 2 is 1.62 bits per heavy atom. The number of piperidine rings is 1. The van der Waals surface area contributed by atoms with Gasteiger partial charge in [-0.2, -0.15) is 0 Å². The normalized spacial score (nSPS) is 21.1. The molecule has 0 radical (unpaired) electrons. The zero-order chi connectivity index (χ0) is 35.0. The molecule has 2 aliphatic heterocycles. The molecule has 47 heavy (non-hydrogen) atoms. The monoisotopic (exact) mass is 665 g/mol. The Morgan fingerprint density at radius 3 is 2.23 bits per heavy atom. The Kier molecular flexibility index (Phi) is 10.6. The van der Waals surface area contributed by atoms with E-state index < -0.39 is 76.5 Å². The van der Waals surface area contributed by atoms with Gasteiger partial charge in [0.15, 0.2) is 0 Å². The summed E-state index contributed by atoms with van der Waals surface area (Å²) in [7, 11) is 1.94. The molecule has 2 unspecified atom stereocenters. The predicted molar refractivity (Wildman–Crippen MR) is 171 cm³/mol. The van der Waals surface area contributed by atoms with E-state index >= 15 is 13.2 Å². The molecular weight excluding hydrogens is 621 g/mol. The standard InChI is InChI=1S/C34H44F5N5O3/c1-18-16-44(9-8-43(18)7)28-14-26(37)20(11-27(28)41-31(46)23-15-40-29(45)12-21(23)30(38)39)19-10-22(25(36)13-24(19)35)32(47)42-34(5,6)17-33(2,3)4/h10-11,13-14,18,21,23,30H,8-9,12,15-17H2,1-7H3,(H,40,45)(H,41,46)(H,42,47)/t18-,21?,23?/m0/s1. The van der Waals surface area contributed by atoms with Gasteiger partial charge < -0.3 is 25.8 Å². The van der Waals surface area contributed by atoms with Crippen molar-refractivity contribution < 1.29 is 36.3 Å². The molecule has 2 aromatic carbocycles. The molecule has 0 saturated carbocycles. The highest BCUT2D eigenvalue weighted by Gasteiger charge is 2.40. The number of rotatable bonds is 8. The van der Waals surface area contributed by atoms with Gasteiger partial charge in [-0.3, -0.25) is 14.4 Å². The number of carbonyl (C=O) groups is 3. The van der Waals surface area contributed by atoms with Crippen molar-refractivity contribution in [1.82, 2.24) is 15.5 Å². The number of alkyl halides is 2. The summed E-state index contributed by atoms with van der Waals surface area (Å²) in [6, 6.07) is 3.77. The van der Waals surface area contributed by atoms with E-state index in [1.165, 1.54) is 6.07 Å². The Hall–Kier alpha value is -3.74. The summed E-state index contributed by atoms with van der Waals surface area (Å²) in [6.07, 6.45) is -2.93. The fraction of sp³-hybridized carbons (Fsp3) is 0.559. The smallest absolute Gasteiger partial charge is 0.254 e. The minimum Gasteiger partial charge on any atom is -0.367 e. The molecule has 4 rings (SSSR count). The summed E-state index contributed by atoms with van der Waals surface area (Å²) in [5, 5.41) is 7.86. The lowest BCUT2D eigenvalue weighted by Gasteiger charge is -2.40. The van der Waals surface area contributed by atoms with Crippen LogP contribution in [0.3, 0.4) is 0 Å². The third kappa shape index (κ3) is 8.60. The maximum absolute atomic E-state index is 16.0. The molecule has 2 aliphatic rings. The summed E-state index contributed by atoms with van der Waals surface area (Å²) >= 11 is 0. The SMILES string of the molecule is C[C@H]1CN(c2cc(F)c(-c3cc(C(=O)NC(C)(C)CC(C)(C)C)c(F)cc3F)cc2NC(=O)C2CNC(=O)CC2C(F)F)CCN1C. The fourth-order valence-electron chi connectivity index (χ4n) is 6.65. The zero-order valence-electron chi connectivity index (χ0n) is 27.9. The van der Waals surface area contributed by atoms with Gasteiger partial charge in [-0.15, -0.1) is 0 Å². The van der Waals surface area contributed by atoms with Crippen molar-refractivity contribution >= 4 is 29.1 Å². The molecule has 2 heterocycles. The molecule has 3 N–H and O–H groups in total. The van der Waals surface area contributed by atoms with E-state index in [0.717, 1.165) is 12.1 Å². The number of halogens is 5. The number of amides is 3. The van der Waals surface area contributed by atoms with E-state index in [1.807, 2.05) is 39.6 Å². The molecule has 13 heteroatoms. The van der Waals surface area contributed by atoms with Gasteiger partial charge in [0.05, 0.1) is 22.9 Å². The molecule has 0 aliphatic carbocycles. The van der Waals surface area contributed by atoms with Crippen molar-refractivity contribution in [2.75, 3.05) is 43.4 Å². The number of nitrogens with one attached hydrogen (secondary N) is 3. The molecule has 2 saturated heterocycles. The van der Waals surface area contributed by atoms with Crippen molar-refractivity contribution in [2.45, 2.75) is 72.4 Å². The van der Waals surface area contributed by atoms with Crippen molar-refractivity contribution in [1.29, 1.82) is 0 Å². The van der Waals surface area contributed by atoms with Crippen LogP contribution in [0.1, 0.15) is 64.7 Å². The number of benzene rings is 2. The number of carbonyl (C=O) groups excluding carboxylic acids is 3. The lowest BCUT2D eigenvalue weighted by atomic mass is 9.81. The van der Waals surface area contributed by atoms with Crippen LogP contribution in [0.15, 0.2) is 24.3 Å². The first-order valence-electron chi connectivity index (χ1n) is 15.7. The van der Waals surface area contributed by atoms with Crippen LogP contribution in [0.4, 0.5) is 33.3 Å². The minimum atomic E-state index is -2.94. The number of anilines is 2.